The molecule has 0 fully saturated rings. The topological polar surface area (TPSA) is 41.6 Å². The van der Waals surface area contributed by atoms with Crippen LogP contribution in [0.3, 0.4) is 0 Å². The number of nitrogens with one attached hydrogen (secondary N) is 1. The minimum atomic E-state index is -0.230. The molecule has 43 heavy (non-hydrogen) atoms. The summed E-state index contributed by atoms with van der Waals surface area (Å²) in [7, 11) is 4.10. The van der Waals surface area contributed by atoms with Crippen LogP contribution < -0.4 is 5.32 Å². The van der Waals surface area contributed by atoms with Crippen LogP contribution in [0.25, 0.3) is 0 Å². The van der Waals surface area contributed by atoms with Gasteiger partial charge in [0, 0.05) is 12.6 Å². The van der Waals surface area contributed by atoms with E-state index < -0.39 is 0 Å². The van der Waals surface area contributed by atoms with E-state index in [1.807, 2.05) is 14.1 Å². The van der Waals surface area contributed by atoms with Gasteiger partial charge in [0.05, 0.1) is 6.61 Å². The lowest BCUT2D eigenvalue weighted by Gasteiger charge is -2.19. The molecule has 0 radical (unpaired) electrons. The summed E-state index contributed by atoms with van der Waals surface area (Å²) in [5.41, 5.74) is 0. The lowest BCUT2D eigenvalue weighted by atomic mass is 10.00. The fourth-order valence-corrected chi connectivity index (χ4v) is 5.11. The monoisotopic (exact) mass is 601 g/mol. The molecule has 0 aliphatic carbocycles. The third kappa shape index (κ3) is 34.5. The largest absolute Gasteiger partial charge is 0.450 e. The second-order valence-electron chi connectivity index (χ2n) is 12.5. The van der Waals surface area contributed by atoms with Crippen molar-refractivity contribution < 1.29 is 9.53 Å². The van der Waals surface area contributed by atoms with Gasteiger partial charge in [-0.2, -0.15) is 0 Å². The Kier molecular flexibility index (Phi) is 33.2. The summed E-state index contributed by atoms with van der Waals surface area (Å²) in [5, 5.41) is 3.20. The van der Waals surface area contributed by atoms with Gasteiger partial charge < -0.3 is 15.0 Å². The predicted molar refractivity (Wildman–Crippen MR) is 191 cm³/mol. The first-order valence-corrected chi connectivity index (χ1v) is 18.3. The second-order valence-corrected chi connectivity index (χ2v) is 12.5. The molecule has 0 saturated carbocycles. The van der Waals surface area contributed by atoms with Crippen LogP contribution in [0.2, 0.25) is 0 Å². The summed E-state index contributed by atoms with van der Waals surface area (Å²) in [5.74, 6) is 0. The standard InChI is InChI=1S/C39H72N2O2/c1-5-7-9-11-13-15-17-19-21-23-25-27-29-31-34-38(40-39(42)43-37-33-36-41(3)4)35-32-30-28-26-24-22-20-18-16-14-12-10-8-6-2/h9-12,15-18,38H,5-8,13-14,19-37H2,1-4H3,(H,40,42)/b11-9-,12-10-,17-15-,18-16-. The molecule has 0 unspecified atom stereocenters. The van der Waals surface area contributed by atoms with Crippen molar-refractivity contribution in [2.45, 2.75) is 168 Å². The summed E-state index contributed by atoms with van der Waals surface area (Å²) < 4.78 is 5.48. The number of carbonyl (C=O) groups is 1. The van der Waals surface area contributed by atoms with Gasteiger partial charge in [0.1, 0.15) is 0 Å². The number of carbonyl (C=O) groups excluding carboxylic acids is 1. The fraction of sp³-hybridized carbons (Fsp3) is 0.769. The Morgan fingerprint density at radius 2 is 1.00 bits per heavy atom. The molecule has 0 aromatic rings. The predicted octanol–water partition coefficient (Wildman–Crippen LogP) is 11.9. The number of unbranched alkanes of at least 4 members (excludes halogenated alkanes) is 14. The van der Waals surface area contributed by atoms with E-state index in [4.69, 9.17) is 4.74 Å². The van der Waals surface area contributed by atoms with Crippen LogP contribution in [0.5, 0.6) is 0 Å². The van der Waals surface area contributed by atoms with Gasteiger partial charge in [-0.05, 0) is 84.7 Å². The quantitative estimate of drug-likeness (QED) is 0.0635. The van der Waals surface area contributed by atoms with Crippen LogP contribution >= 0.6 is 0 Å². The number of allylic oxidation sites excluding steroid dienone is 8. The van der Waals surface area contributed by atoms with E-state index in [-0.39, 0.29) is 12.1 Å². The van der Waals surface area contributed by atoms with Gasteiger partial charge in [-0.15, -0.1) is 0 Å². The van der Waals surface area contributed by atoms with Crippen molar-refractivity contribution in [3.05, 3.63) is 48.6 Å². The molecule has 0 aliphatic heterocycles. The average molecular weight is 601 g/mol. The first-order chi connectivity index (χ1) is 21.1. The first kappa shape index (κ1) is 41.2. The number of rotatable bonds is 31. The third-order valence-corrected chi connectivity index (χ3v) is 7.77. The SMILES string of the molecule is CCC/C=C\C/C=C\CCCCCCCCC(CCCCCCCC/C=C\C/C=C\CCC)NC(=O)OCCCN(C)C. The molecule has 250 valence electrons. The molecule has 0 aromatic carbocycles. The molecule has 4 heteroatoms. The minimum absolute atomic E-state index is 0.230. The van der Waals surface area contributed by atoms with Crippen molar-refractivity contribution in [3.8, 4) is 0 Å². The molecule has 0 bridgehead atoms. The maximum absolute atomic E-state index is 12.4. The average Bonchev–Trinajstić information content (AvgIpc) is 2.99. The zero-order valence-electron chi connectivity index (χ0n) is 29.1. The van der Waals surface area contributed by atoms with E-state index in [1.54, 1.807) is 0 Å². The normalized spacial score (nSPS) is 12.3. The van der Waals surface area contributed by atoms with Gasteiger partial charge >= 0.3 is 6.09 Å². The lowest BCUT2D eigenvalue weighted by Crippen LogP contribution is -2.35. The molecule has 4 nitrogen and oxygen atoms in total. The van der Waals surface area contributed by atoms with Gasteiger partial charge in [-0.25, -0.2) is 4.79 Å². The molecule has 0 rings (SSSR count). The molecule has 0 heterocycles. The Balaban J connectivity index is 4.08. The van der Waals surface area contributed by atoms with Crippen molar-refractivity contribution in [2.75, 3.05) is 27.2 Å². The Morgan fingerprint density at radius 3 is 1.44 bits per heavy atom. The highest BCUT2D eigenvalue weighted by Gasteiger charge is 2.13. The zero-order chi connectivity index (χ0) is 31.5. The Morgan fingerprint density at radius 1 is 0.581 bits per heavy atom. The number of nitrogens with zero attached hydrogens (tertiary/aromatic N) is 1. The highest BCUT2D eigenvalue weighted by molar-refractivity contribution is 5.67. The molecular weight excluding hydrogens is 528 g/mol. The van der Waals surface area contributed by atoms with Crippen molar-refractivity contribution in [1.82, 2.24) is 10.2 Å². The van der Waals surface area contributed by atoms with E-state index in [2.05, 4.69) is 72.7 Å². The smallest absolute Gasteiger partial charge is 0.407 e. The number of amides is 1. The third-order valence-electron chi connectivity index (χ3n) is 7.77. The fourth-order valence-electron chi connectivity index (χ4n) is 5.11. The summed E-state index contributed by atoms with van der Waals surface area (Å²) in [6.07, 6.45) is 46.1. The van der Waals surface area contributed by atoms with E-state index >= 15 is 0 Å². The van der Waals surface area contributed by atoms with Gasteiger partial charge in [-0.1, -0.05) is 140 Å². The zero-order valence-corrected chi connectivity index (χ0v) is 29.1. The highest BCUT2D eigenvalue weighted by atomic mass is 16.5. The Hall–Kier alpha value is -1.81. The molecule has 0 saturated heterocycles. The van der Waals surface area contributed by atoms with Crippen LogP contribution in [0, 0.1) is 0 Å². The highest BCUT2D eigenvalue weighted by Crippen LogP contribution is 2.15. The number of alkyl carbamates (subject to hydrolysis) is 1. The van der Waals surface area contributed by atoms with Gasteiger partial charge in [0.2, 0.25) is 0 Å². The number of hydrogen-bond donors (Lipinski definition) is 1. The molecule has 0 spiro atoms. The van der Waals surface area contributed by atoms with E-state index in [9.17, 15) is 4.79 Å². The molecule has 0 atom stereocenters. The summed E-state index contributed by atoms with van der Waals surface area (Å²) in [6.45, 7) is 5.88. The first-order valence-electron chi connectivity index (χ1n) is 18.3. The maximum Gasteiger partial charge on any atom is 0.407 e. The van der Waals surface area contributed by atoms with E-state index in [0.29, 0.717) is 6.61 Å². The van der Waals surface area contributed by atoms with Crippen LogP contribution in [-0.4, -0.2) is 44.3 Å². The van der Waals surface area contributed by atoms with Crippen molar-refractivity contribution in [1.29, 1.82) is 0 Å². The molecule has 1 N–H and O–H groups in total. The van der Waals surface area contributed by atoms with Gasteiger partial charge in [0.25, 0.3) is 0 Å². The Labute approximate surface area is 268 Å². The number of hydrogen-bond acceptors (Lipinski definition) is 3. The number of ether oxygens (including phenoxy) is 1. The van der Waals surface area contributed by atoms with Gasteiger partial charge in [-0.3, -0.25) is 0 Å². The van der Waals surface area contributed by atoms with Crippen LogP contribution in [0.1, 0.15) is 162 Å². The van der Waals surface area contributed by atoms with Crippen LogP contribution in [0.15, 0.2) is 48.6 Å². The summed E-state index contributed by atoms with van der Waals surface area (Å²) >= 11 is 0. The minimum Gasteiger partial charge on any atom is -0.450 e. The summed E-state index contributed by atoms with van der Waals surface area (Å²) in [6, 6.07) is 0.245. The Bertz CT molecular complexity index is 651. The summed E-state index contributed by atoms with van der Waals surface area (Å²) in [4.78, 5) is 14.6. The van der Waals surface area contributed by atoms with E-state index in [0.717, 1.165) is 38.6 Å². The second kappa shape index (κ2) is 34.7. The molecular formula is C39H72N2O2. The van der Waals surface area contributed by atoms with Gasteiger partial charge in [0.15, 0.2) is 0 Å². The van der Waals surface area contributed by atoms with Crippen molar-refractivity contribution in [3.63, 3.8) is 0 Å². The lowest BCUT2D eigenvalue weighted by molar-refractivity contribution is 0.136. The van der Waals surface area contributed by atoms with Crippen molar-refractivity contribution >= 4 is 6.09 Å². The van der Waals surface area contributed by atoms with E-state index in [1.165, 1.54) is 116 Å². The molecule has 0 aromatic heterocycles. The molecule has 0 aliphatic rings. The van der Waals surface area contributed by atoms with Crippen molar-refractivity contribution in [2.24, 2.45) is 0 Å². The molecule has 1 amide bonds. The maximum atomic E-state index is 12.4. The van der Waals surface area contributed by atoms with Crippen LogP contribution in [0.4, 0.5) is 4.79 Å². The van der Waals surface area contributed by atoms with Crippen LogP contribution in [-0.2, 0) is 4.74 Å².